The largest absolute Gasteiger partial charge is 0.304 e. The Hall–Kier alpha value is -1.81. The third kappa shape index (κ3) is 3.52. The molecular formula is C20H26N5P. The van der Waals surface area contributed by atoms with Crippen molar-refractivity contribution >= 4 is 19.8 Å². The topological polar surface area (TPSA) is 37.2 Å². The standard InChI is InChI=1S/C20H26N5P/c1-15-19-12-18(13-21-20(19)25(22-15)26-3)17-6-4-5-16(11-17)14-24-9-7-23(2)8-10-24/h4-6,11-13,26H,7-10,14H2,1-3H3. The fraction of sp³-hybridized carbons (Fsp3) is 0.400. The second kappa shape index (κ2) is 7.43. The summed E-state index contributed by atoms with van der Waals surface area (Å²) in [6, 6.07) is 11.1. The van der Waals surface area contributed by atoms with Gasteiger partial charge in [0.1, 0.15) is 0 Å². The molecule has 26 heavy (non-hydrogen) atoms. The van der Waals surface area contributed by atoms with Gasteiger partial charge in [-0.15, -0.1) is 0 Å². The van der Waals surface area contributed by atoms with Crippen LogP contribution in [0.2, 0.25) is 0 Å². The van der Waals surface area contributed by atoms with Crippen LogP contribution in [0.3, 0.4) is 0 Å². The van der Waals surface area contributed by atoms with E-state index < -0.39 is 0 Å². The number of aryl methyl sites for hydroxylation is 1. The fourth-order valence-corrected chi connectivity index (χ4v) is 4.21. The minimum atomic E-state index is 0.600. The van der Waals surface area contributed by atoms with Crippen molar-refractivity contribution < 1.29 is 0 Å². The lowest BCUT2D eigenvalue weighted by atomic mass is 10.0. The van der Waals surface area contributed by atoms with Gasteiger partial charge in [0.2, 0.25) is 0 Å². The van der Waals surface area contributed by atoms with E-state index in [1.54, 1.807) is 0 Å². The van der Waals surface area contributed by atoms with E-state index >= 15 is 0 Å². The van der Waals surface area contributed by atoms with Crippen molar-refractivity contribution in [1.82, 2.24) is 24.3 Å². The van der Waals surface area contributed by atoms with Crippen LogP contribution in [0.1, 0.15) is 11.3 Å². The Morgan fingerprint density at radius 1 is 1.08 bits per heavy atom. The summed E-state index contributed by atoms with van der Waals surface area (Å²) in [6.07, 6.45) is 1.98. The van der Waals surface area contributed by atoms with Gasteiger partial charge < -0.3 is 4.90 Å². The lowest BCUT2D eigenvalue weighted by Gasteiger charge is -2.32. The first kappa shape index (κ1) is 17.6. The summed E-state index contributed by atoms with van der Waals surface area (Å²) in [5.74, 6) is 0. The number of pyridine rings is 1. The highest BCUT2D eigenvalue weighted by molar-refractivity contribution is 7.35. The quantitative estimate of drug-likeness (QED) is 0.664. The van der Waals surface area contributed by atoms with Gasteiger partial charge in [-0.05, 0) is 43.9 Å². The maximum Gasteiger partial charge on any atom is 0.161 e. The lowest BCUT2D eigenvalue weighted by molar-refractivity contribution is 0.148. The molecule has 1 aromatic carbocycles. The molecule has 1 fully saturated rings. The molecule has 1 unspecified atom stereocenters. The highest BCUT2D eigenvalue weighted by Crippen LogP contribution is 2.27. The number of hydrogen-bond donors (Lipinski definition) is 0. The van der Waals surface area contributed by atoms with Crippen molar-refractivity contribution in [3.63, 3.8) is 0 Å². The minimum Gasteiger partial charge on any atom is -0.304 e. The first-order valence-electron chi connectivity index (χ1n) is 9.17. The minimum absolute atomic E-state index is 0.600. The molecule has 3 aromatic rings. The van der Waals surface area contributed by atoms with Crippen LogP contribution in [0, 0.1) is 6.92 Å². The summed E-state index contributed by atoms with van der Waals surface area (Å²) in [5.41, 5.74) is 5.81. The number of likely N-dealkylation sites (N-methyl/N-ethyl adjacent to an activating group) is 1. The van der Waals surface area contributed by atoms with Crippen LogP contribution in [0.4, 0.5) is 0 Å². The second-order valence-electron chi connectivity index (χ2n) is 7.10. The molecule has 1 aliphatic heterocycles. The monoisotopic (exact) mass is 367 g/mol. The molecule has 1 atom stereocenters. The third-order valence-electron chi connectivity index (χ3n) is 5.18. The van der Waals surface area contributed by atoms with Gasteiger partial charge in [-0.3, -0.25) is 4.90 Å². The number of piperazine rings is 1. The Balaban J connectivity index is 1.60. The predicted octanol–water partition coefficient (Wildman–Crippen LogP) is 3.23. The molecule has 0 aliphatic carbocycles. The van der Waals surface area contributed by atoms with Gasteiger partial charge in [-0.1, -0.05) is 18.2 Å². The predicted molar refractivity (Wildman–Crippen MR) is 110 cm³/mol. The Morgan fingerprint density at radius 2 is 1.88 bits per heavy atom. The van der Waals surface area contributed by atoms with Crippen LogP contribution >= 0.6 is 8.73 Å². The van der Waals surface area contributed by atoms with Crippen molar-refractivity contribution in [2.75, 3.05) is 39.9 Å². The summed E-state index contributed by atoms with van der Waals surface area (Å²) in [4.78, 5) is 9.63. The molecule has 0 amide bonds. The van der Waals surface area contributed by atoms with E-state index in [1.807, 2.05) is 10.6 Å². The number of fused-ring (bicyclic) bond motifs is 1. The molecule has 0 N–H and O–H groups in total. The zero-order chi connectivity index (χ0) is 18.1. The van der Waals surface area contributed by atoms with Crippen LogP contribution in [-0.4, -0.2) is 64.2 Å². The molecule has 0 radical (unpaired) electrons. The number of aromatic nitrogens is 3. The normalized spacial score (nSPS) is 16.9. The molecule has 0 spiro atoms. The van der Waals surface area contributed by atoms with Gasteiger partial charge in [0.05, 0.1) is 5.69 Å². The van der Waals surface area contributed by atoms with Crippen molar-refractivity contribution in [3.8, 4) is 11.1 Å². The van der Waals surface area contributed by atoms with E-state index in [1.165, 1.54) is 16.7 Å². The molecule has 1 aliphatic rings. The van der Waals surface area contributed by atoms with E-state index in [9.17, 15) is 0 Å². The van der Waals surface area contributed by atoms with E-state index in [-0.39, 0.29) is 0 Å². The summed E-state index contributed by atoms with van der Waals surface area (Å²) < 4.78 is 2.00. The van der Waals surface area contributed by atoms with Gasteiger partial charge >= 0.3 is 0 Å². The van der Waals surface area contributed by atoms with Crippen LogP contribution in [0.25, 0.3) is 22.2 Å². The van der Waals surface area contributed by atoms with Crippen LogP contribution in [0.5, 0.6) is 0 Å². The molecule has 5 nitrogen and oxygen atoms in total. The zero-order valence-electron chi connectivity index (χ0n) is 15.7. The fourth-order valence-electron chi connectivity index (χ4n) is 3.57. The average Bonchev–Trinajstić information content (AvgIpc) is 2.99. The lowest BCUT2D eigenvalue weighted by Crippen LogP contribution is -2.43. The number of rotatable bonds is 4. The van der Waals surface area contributed by atoms with Gasteiger partial charge in [0.25, 0.3) is 0 Å². The maximum atomic E-state index is 4.69. The summed E-state index contributed by atoms with van der Waals surface area (Å²) >= 11 is 0. The van der Waals surface area contributed by atoms with Crippen molar-refractivity contribution in [2.45, 2.75) is 13.5 Å². The zero-order valence-corrected chi connectivity index (χ0v) is 16.7. The summed E-state index contributed by atoms with van der Waals surface area (Å²) in [5, 5.41) is 5.75. The third-order valence-corrected chi connectivity index (χ3v) is 5.92. The van der Waals surface area contributed by atoms with E-state index in [0.29, 0.717) is 8.73 Å². The average molecular weight is 367 g/mol. The summed E-state index contributed by atoms with van der Waals surface area (Å²) in [6.45, 7) is 9.81. The Kier molecular flexibility index (Phi) is 5.03. The van der Waals surface area contributed by atoms with Crippen molar-refractivity contribution in [2.24, 2.45) is 0 Å². The molecule has 1 saturated heterocycles. The summed E-state index contributed by atoms with van der Waals surface area (Å²) in [7, 11) is 2.80. The van der Waals surface area contributed by atoms with Crippen LogP contribution < -0.4 is 0 Å². The van der Waals surface area contributed by atoms with E-state index in [2.05, 4.69) is 65.9 Å². The first-order chi connectivity index (χ1) is 12.6. The highest BCUT2D eigenvalue weighted by atomic mass is 31.1. The Labute approximate surface area is 156 Å². The molecule has 0 saturated carbocycles. The molecule has 136 valence electrons. The van der Waals surface area contributed by atoms with Crippen LogP contribution in [0.15, 0.2) is 36.5 Å². The van der Waals surface area contributed by atoms with Crippen molar-refractivity contribution in [1.29, 1.82) is 0 Å². The van der Waals surface area contributed by atoms with Gasteiger partial charge in [0, 0.05) is 58.6 Å². The van der Waals surface area contributed by atoms with Crippen LogP contribution in [-0.2, 0) is 6.54 Å². The number of hydrogen-bond acceptors (Lipinski definition) is 4. The number of nitrogens with zero attached hydrogens (tertiary/aromatic N) is 5. The Bertz CT molecular complexity index is 912. The molecule has 2 aromatic heterocycles. The first-order valence-corrected chi connectivity index (χ1v) is 10.6. The smallest absolute Gasteiger partial charge is 0.161 e. The molecular weight excluding hydrogens is 341 g/mol. The van der Waals surface area contributed by atoms with E-state index in [0.717, 1.165) is 49.5 Å². The molecule has 0 bridgehead atoms. The van der Waals surface area contributed by atoms with Gasteiger partial charge in [0.15, 0.2) is 5.65 Å². The van der Waals surface area contributed by atoms with Gasteiger partial charge in [-0.2, -0.15) is 5.10 Å². The number of benzene rings is 1. The highest BCUT2D eigenvalue weighted by Gasteiger charge is 2.14. The molecule has 6 heteroatoms. The SMILES string of the molecule is CPn1nc(C)c2cc(-c3cccc(CN4CCN(C)CC4)c3)cnc21. The van der Waals surface area contributed by atoms with Crippen molar-refractivity contribution in [3.05, 3.63) is 47.8 Å². The van der Waals surface area contributed by atoms with E-state index in [4.69, 9.17) is 4.98 Å². The second-order valence-corrected chi connectivity index (χ2v) is 7.97. The van der Waals surface area contributed by atoms with Gasteiger partial charge in [-0.25, -0.2) is 9.44 Å². The maximum absolute atomic E-state index is 4.69. The molecule has 4 rings (SSSR count). The Morgan fingerprint density at radius 3 is 2.65 bits per heavy atom. The molecule has 3 heterocycles.